The van der Waals surface area contributed by atoms with Crippen LogP contribution in [0.5, 0.6) is 0 Å². The molecule has 0 radical (unpaired) electrons. The Morgan fingerprint density at radius 3 is 2.81 bits per heavy atom. The molecule has 1 aliphatic carbocycles. The summed E-state index contributed by atoms with van der Waals surface area (Å²) in [5.41, 5.74) is 3.48. The Labute approximate surface area is 162 Å². The van der Waals surface area contributed by atoms with Crippen LogP contribution in [0.15, 0.2) is 29.4 Å². The number of aromatic nitrogens is 2. The number of rotatable bonds is 8. The summed E-state index contributed by atoms with van der Waals surface area (Å²) < 4.78 is 7.46. The topological polar surface area (TPSA) is 63.0 Å². The van der Waals surface area contributed by atoms with Crippen molar-refractivity contribution in [1.29, 1.82) is 0 Å². The first-order chi connectivity index (χ1) is 13.2. The van der Waals surface area contributed by atoms with Crippen molar-refractivity contribution in [3.8, 4) is 0 Å². The van der Waals surface area contributed by atoms with Gasteiger partial charge in [-0.3, -0.25) is 0 Å². The minimum absolute atomic E-state index is 0.340. The van der Waals surface area contributed by atoms with Gasteiger partial charge in [-0.05, 0) is 50.7 Å². The maximum Gasteiger partial charge on any atom is 0.191 e. The predicted octanol–water partition coefficient (Wildman–Crippen LogP) is 3.29. The molecule has 1 saturated carbocycles. The summed E-state index contributed by atoms with van der Waals surface area (Å²) in [5, 5.41) is 6.94. The van der Waals surface area contributed by atoms with Gasteiger partial charge in [-0.2, -0.15) is 0 Å². The highest BCUT2D eigenvalue weighted by molar-refractivity contribution is 5.79. The summed E-state index contributed by atoms with van der Waals surface area (Å²) in [6.07, 6.45) is 8.37. The largest absolute Gasteiger partial charge is 0.385 e. The quantitative estimate of drug-likeness (QED) is 0.552. The number of imidazole rings is 1. The number of nitrogens with one attached hydrogen (secondary N) is 2. The molecule has 2 N–H and O–H groups in total. The van der Waals surface area contributed by atoms with Crippen LogP contribution in [0, 0.1) is 12.3 Å². The van der Waals surface area contributed by atoms with Gasteiger partial charge in [0.05, 0.1) is 12.2 Å². The first kappa shape index (κ1) is 19.7. The van der Waals surface area contributed by atoms with E-state index in [0.717, 1.165) is 43.4 Å². The van der Waals surface area contributed by atoms with Gasteiger partial charge in [0.25, 0.3) is 0 Å². The third-order valence-corrected chi connectivity index (χ3v) is 5.62. The number of methoxy groups -OCH3 is 1. The highest BCUT2D eigenvalue weighted by atomic mass is 16.5. The molecule has 0 amide bonds. The zero-order valence-corrected chi connectivity index (χ0v) is 16.9. The van der Waals surface area contributed by atoms with E-state index in [1.165, 1.54) is 31.4 Å². The third-order valence-electron chi connectivity index (χ3n) is 5.62. The van der Waals surface area contributed by atoms with Crippen LogP contribution in [0.3, 0.4) is 0 Å². The Bertz CT molecular complexity index is 761. The number of pyridine rings is 1. The fourth-order valence-corrected chi connectivity index (χ4v) is 4.01. The van der Waals surface area contributed by atoms with Gasteiger partial charge in [0, 0.05) is 38.7 Å². The van der Waals surface area contributed by atoms with Gasteiger partial charge in [0.1, 0.15) is 5.65 Å². The van der Waals surface area contributed by atoms with Gasteiger partial charge in [-0.15, -0.1) is 0 Å². The highest BCUT2D eigenvalue weighted by Gasteiger charge is 2.33. The Balaban J connectivity index is 1.65. The van der Waals surface area contributed by atoms with Crippen molar-refractivity contribution in [2.75, 3.05) is 26.8 Å². The van der Waals surface area contributed by atoms with Crippen molar-refractivity contribution in [3.63, 3.8) is 0 Å². The van der Waals surface area contributed by atoms with Crippen LogP contribution in [-0.2, 0) is 11.3 Å². The molecule has 148 valence electrons. The average Bonchev–Trinajstić information content (AvgIpc) is 3.30. The van der Waals surface area contributed by atoms with Gasteiger partial charge in [-0.1, -0.05) is 18.9 Å². The molecule has 1 aliphatic rings. The Morgan fingerprint density at radius 1 is 1.30 bits per heavy atom. The summed E-state index contributed by atoms with van der Waals surface area (Å²) in [6, 6.07) is 6.16. The molecule has 27 heavy (non-hydrogen) atoms. The molecule has 1 fully saturated rings. The number of fused-ring (bicyclic) bond motifs is 1. The van der Waals surface area contributed by atoms with Crippen molar-refractivity contribution in [1.82, 2.24) is 20.0 Å². The van der Waals surface area contributed by atoms with Crippen LogP contribution in [0.25, 0.3) is 5.65 Å². The molecule has 2 heterocycles. The number of aryl methyl sites for hydroxylation is 1. The van der Waals surface area contributed by atoms with Crippen molar-refractivity contribution >= 4 is 11.6 Å². The van der Waals surface area contributed by atoms with Crippen LogP contribution < -0.4 is 10.6 Å². The number of hydrogen-bond acceptors (Lipinski definition) is 3. The molecular formula is C21H33N5O. The van der Waals surface area contributed by atoms with Crippen molar-refractivity contribution in [2.24, 2.45) is 10.4 Å². The third kappa shape index (κ3) is 5.01. The van der Waals surface area contributed by atoms with E-state index in [1.807, 2.05) is 12.1 Å². The fourth-order valence-electron chi connectivity index (χ4n) is 4.01. The van der Waals surface area contributed by atoms with E-state index in [9.17, 15) is 0 Å². The minimum Gasteiger partial charge on any atom is -0.385 e. The number of aliphatic imine (C=N–C) groups is 1. The smallest absolute Gasteiger partial charge is 0.191 e. The number of nitrogens with zero attached hydrogens (tertiary/aromatic N) is 3. The molecular weight excluding hydrogens is 338 g/mol. The molecule has 0 saturated heterocycles. The zero-order chi connectivity index (χ0) is 19.1. The lowest BCUT2D eigenvalue weighted by Gasteiger charge is -2.29. The molecule has 0 bridgehead atoms. The van der Waals surface area contributed by atoms with E-state index in [-0.39, 0.29) is 0 Å². The minimum atomic E-state index is 0.340. The van der Waals surface area contributed by atoms with Gasteiger partial charge in [0.15, 0.2) is 5.96 Å². The Kier molecular flexibility index (Phi) is 6.72. The summed E-state index contributed by atoms with van der Waals surface area (Å²) in [6.45, 7) is 7.39. The van der Waals surface area contributed by atoms with Crippen LogP contribution in [0.1, 0.15) is 50.4 Å². The van der Waals surface area contributed by atoms with Crippen molar-refractivity contribution in [2.45, 2.75) is 52.5 Å². The predicted molar refractivity (Wildman–Crippen MR) is 110 cm³/mol. The zero-order valence-electron chi connectivity index (χ0n) is 16.9. The number of hydrogen-bond donors (Lipinski definition) is 2. The van der Waals surface area contributed by atoms with E-state index in [0.29, 0.717) is 12.0 Å². The van der Waals surface area contributed by atoms with E-state index < -0.39 is 0 Å². The summed E-state index contributed by atoms with van der Waals surface area (Å²) >= 11 is 0. The first-order valence-electron chi connectivity index (χ1n) is 10.1. The Morgan fingerprint density at radius 2 is 2.11 bits per heavy atom. The molecule has 0 unspecified atom stereocenters. The molecule has 6 nitrogen and oxygen atoms in total. The first-order valence-corrected chi connectivity index (χ1v) is 10.1. The lowest BCUT2D eigenvalue weighted by atomic mass is 9.83. The molecule has 0 aliphatic heterocycles. The number of guanidine groups is 1. The fraction of sp³-hybridized carbons (Fsp3) is 0.619. The van der Waals surface area contributed by atoms with Gasteiger partial charge in [-0.25, -0.2) is 9.98 Å². The lowest BCUT2D eigenvalue weighted by molar-refractivity contribution is 0.138. The maximum absolute atomic E-state index is 5.34. The summed E-state index contributed by atoms with van der Waals surface area (Å²) in [7, 11) is 1.79. The van der Waals surface area contributed by atoms with Gasteiger partial charge < -0.3 is 19.8 Å². The van der Waals surface area contributed by atoms with E-state index in [1.54, 1.807) is 7.11 Å². The number of ether oxygens (including phenoxy) is 1. The lowest BCUT2D eigenvalue weighted by Crippen LogP contribution is -2.43. The van der Waals surface area contributed by atoms with Crippen molar-refractivity contribution in [3.05, 3.63) is 35.8 Å². The second-order valence-corrected chi connectivity index (χ2v) is 7.63. The normalized spacial score (nSPS) is 16.8. The maximum atomic E-state index is 5.34. The van der Waals surface area contributed by atoms with Crippen LogP contribution in [0.2, 0.25) is 0 Å². The molecule has 0 atom stereocenters. The van der Waals surface area contributed by atoms with E-state index in [4.69, 9.17) is 9.73 Å². The standard InChI is InChI=1S/C21H33N5O/c1-4-22-20(24-16-21(12-13-27-3)10-5-6-11-21)23-14-18-15-26-17(2)8-7-9-19(26)25-18/h7-9,15H,4-6,10-14,16H2,1-3H3,(H2,22,23,24). The van der Waals surface area contributed by atoms with Crippen LogP contribution in [0.4, 0.5) is 0 Å². The molecule has 2 aromatic heterocycles. The molecule has 2 aromatic rings. The van der Waals surface area contributed by atoms with Crippen molar-refractivity contribution < 1.29 is 4.74 Å². The van der Waals surface area contributed by atoms with Crippen LogP contribution in [-0.4, -0.2) is 42.2 Å². The van der Waals surface area contributed by atoms with E-state index >= 15 is 0 Å². The van der Waals surface area contributed by atoms with Crippen LogP contribution >= 0.6 is 0 Å². The summed E-state index contributed by atoms with van der Waals surface area (Å²) in [4.78, 5) is 9.45. The second kappa shape index (κ2) is 9.22. The average molecular weight is 372 g/mol. The monoisotopic (exact) mass is 371 g/mol. The second-order valence-electron chi connectivity index (χ2n) is 7.63. The summed E-state index contributed by atoms with van der Waals surface area (Å²) in [5.74, 6) is 0.870. The molecule has 3 rings (SSSR count). The molecule has 6 heteroatoms. The molecule has 0 spiro atoms. The SMILES string of the molecule is CCNC(=NCc1cn2c(C)cccc2n1)NCC1(CCOC)CCCC1. The Hall–Kier alpha value is -2.08. The van der Waals surface area contributed by atoms with Gasteiger partial charge in [0.2, 0.25) is 0 Å². The van der Waals surface area contributed by atoms with E-state index in [2.05, 4.69) is 46.1 Å². The highest BCUT2D eigenvalue weighted by Crippen LogP contribution is 2.40. The van der Waals surface area contributed by atoms with Gasteiger partial charge >= 0.3 is 0 Å². The molecule has 0 aromatic carbocycles.